The summed E-state index contributed by atoms with van der Waals surface area (Å²) in [6.07, 6.45) is 10.1. The monoisotopic (exact) mass is 135 g/mol. The molecule has 0 N–H and O–H groups in total. The van der Waals surface area contributed by atoms with Crippen LogP contribution in [0.5, 0.6) is 0 Å². The highest BCUT2D eigenvalue weighted by Crippen LogP contribution is 2.25. The molecule has 2 atom stereocenters. The van der Waals surface area contributed by atoms with Gasteiger partial charge >= 0.3 is 0 Å². The van der Waals surface area contributed by atoms with Crippen LogP contribution >= 0.6 is 0 Å². The molecule has 54 valence electrons. The minimum absolute atomic E-state index is 0.708. The molecule has 2 heterocycles. The van der Waals surface area contributed by atoms with Gasteiger partial charge in [-0.25, -0.2) is 0 Å². The van der Waals surface area contributed by atoms with Crippen LogP contribution < -0.4 is 0 Å². The minimum Gasteiger partial charge on any atom is -0.371 e. The average Bonchev–Trinajstić information content (AvgIpc) is 2.27. The molecule has 0 spiro atoms. The lowest BCUT2D eigenvalue weighted by molar-refractivity contribution is 0.391. The Balaban J connectivity index is 2.14. The number of allylic oxidation sites excluding steroid dienone is 2. The minimum atomic E-state index is 0.708. The lowest BCUT2D eigenvalue weighted by atomic mass is 10.1. The Morgan fingerprint density at radius 2 is 2.30 bits per heavy atom. The largest absolute Gasteiger partial charge is 0.371 e. The fourth-order valence-electron chi connectivity index (χ4n) is 1.83. The van der Waals surface area contributed by atoms with Crippen molar-refractivity contribution in [1.29, 1.82) is 0 Å². The number of nitrogens with zero attached hydrogens (tertiary/aromatic N) is 1. The average molecular weight is 135 g/mol. The third kappa shape index (κ3) is 0.859. The topological polar surface area (TPSA) is 3.24 Å². The lowest BCUT2D eigenvalue weighted by Crippen LogP contribution is -2.23. The summed E-state index contributed by atoms with van der Waals surface area (Å²) in [5.41, 5.74) is 0. The molecule has 0 aromatic rings. The summed E-state index contributed by atoms with van der Waals surface area (Å²) in [5.74, 6) is 0.873. The Kier molecular flexibility index (Phi) is 1.30. The van der Waals surface area contributed by atoms with Gasteiger partial charge in [-0.1, -0.05) is 19.1 Å². The molecule has 1 heteroatoms. The standard InChI is InChI=1S/C9H13N/c1-8-6-9-4-2-3-5-10(9)7-8/h2-5,8-9H,6-7H2,1H3. The Morgan fingerprint density at radius 1 is 1.40 bits per heavy atom. The van der Waals surface area contributed by atoms with Gasteiger partial charge in [0.25, 0.3) is 0 Å². The molecule has 1 fully saturated rings. The van der Waals surface area contributed by atoms with Crippen LogP contribution in [0.15, 0.2) is 24.4 Å². The summed E-state index contributed by atoms with van der Waals surface area (Å²) in [7, 11) is 0. The van der Waals surface area contributed by atoms with E-state index in [-0.39, 0.29) is 0 Å². The number of rotatable bonds is 0. The normalized spacial score (nSPS) is 36.7. The van der Waals surface area contributed by atoms with E-state index in [1.54, 1.807) is 0 Å². The first-order valence-electron chi connectivity index (χ1n) is 3.97. The maximum atomic E-state index is 2.42. The van der Waals surface area contributed by atoms with E-state index >= 15 is 0 Å². The SMILES string of the molecule is CC1CC2C=CC=CN2C1. The van der Waals surface area contributed by atoms with Crippen LogP contribution in [0, 0.1) is 5.92 Å². The first-order valence-corrected chi connectivity index (χ1v) is 3.97. The smallest absolute Gasteiger partial charge is 0.0473 e. The van der Waals surface area contributed by atoms with E-state index in [0.29, 0.717) is 6.04 Å². The molecule has 1 nitrogen and oxygen atoms in total. The maximum absolute atomic E-state index is 2.42. The van der Waals surface area contributed by atoms with Gasteiger partial charge < -0.3 is 4.90 Å². The van der Waals surface area contributed by atoms with Gasteiger partial charge in [0, 0.05) is 12.6 Å². The van der Waals surface area contributed by atoms with Gasteiger partial charge in [0.2, 0.25) is 0 Å². The summed E-state index contributed by atoms with van der Waals surface area (Å²) in [5, 5.41) is 0. The summed E-state index contributed by atoms with van der Waals surface area (Å²) < 4.78 is 0. The summed E-state index contributed by atoms with van der Waals surface area (Å²) in [4.78, 5) is 2.42. The van der Waals surface area contributed by atoms with Gasteiger partial charge in [-0.05, 0) is 24.6 Å². The number of hydrogen-bond acceptors (Lipinski definition) is 1. The molecule has 2 unspecified atom stereocenters. The van der Waals surface area contributed by atoms with E-state index < -0.39 is 0 Å². The van der Waals surface area contributed by atoms with Crippen molar-refractivity contribution >= 4 is 0 Å². The summed E-state index contributed by atoms with van der Waals surface area (Å²) in [6, 6.07) is 0.708. The summed E-state index contributed by atoms with van der Waals surface area (Å²) >= 11 is 0. The van der Waals surface area contributed by atoms with Crippen molar-refractivity contribution in [2.45, 2.75) is 19.4 Å². The van der Waals surface area contributed by atoms with Crippen LogP contribution in [-0.4, -0.2) is 17.5 Å². The second-order valence-corrected chi connectivity index (χ2v) is 3.33. The van der Waals surface area contributed by atoms with Crippen molar-refractivity contribution in [3.8, 4) is 0 Å². The zero-order valence-electron chi connectivity index (χ0n) is 6.33. The highest BCUT2D eigenvalue weighted by molar-refractivity contribution is 5.15. The van der Waals surface area contributed by atoms with E-state index in [9.17, 15) is 0 Å². The van der Waals surface area contributed by atoms with Gasteiger partial charge in [0.1, 0.15) is 0 Å². The predicted molar refractivity (Wildman–Crippen MR) is 42.6 cm³/mol. The van der Waals surface area contributed by atoms with Crippen molar-refractivity contribution in [2.75, 3.05) is 6.54 Å². The van der Waals surface area contributed by atoms with Gasteiger partial charge in [-0.3, -0.25) is 0 Å². The Hall–Kier alpha value is -0.720. The van der Waals surface area contributed by atoms with Crippen LogP contribution in [0.1, 0.15) is 13.3 Å². The van der Waals surface area contributed by atoms with Crippen LogP contribution in [0.4, 0.5) is 0 Å². The first kappa shape index (κ1) is 6.02. The molecule has 2 rings (SSSR count). The Bertz CT molecular complexity index is 161. The molecular formula is C9H13N. The molecule has 10 heavy (non-hydrogen) atoms. The van der Waals surface area contributed by atoms with Crippen molar-refractivity contribution in [1.82, 2.24) is 4.90 Å². The number of hydrogen-bond donors (Lipinski definition) is 0. The molecule has 0 aromatic carbocycles. The van der Waals surface area contributed by atoms with E-state index in [1.165, 1.54) is 13.0 Å². The van der Waals surface area contributed by atoms with Crippen LogP contribution in [-0.2, 0) is 0 Å². The molecule has 0 saturated carbocycles. The molecule has 1 saturated heterocycles. The molecule has 0 radical (unpaired) electrons. The van der Waals surface area contributed by atoms with Crippen molar-refractivity contribution in [3.63, 3.8) is 0 Å². The fraction of sp³-hybridized carbons (Fsp3) is 0.556. The van der Waals surface area contributed by atoms with E-state index in [0.717, 1.165) is 5.92 Å². The van der Waals surface area contributed by atoms with Crippen LogP contribution in [0.25, 0.3) is 0 Å². The third-order valence-corrected chi connectivity index (χ3v) is 2.31. The van der Waals surface area contributed by atoms with E-state index in [2.05, 4.69) is 36.3 Å². The second-order valence-electron chi connectivity index (χ2n) is 3.33. The fourth-order valence-corrected chi connectivity index (χ4v) is 1.83. The molecule has 0 bridgehead atoms. The highest BCUT2D eigenvalue weighted by Gasteiger charge is 2.25. The van der Waals surface area contributed by atoms with Crippen molar-refractivity contribution in [2.24, 2.45) is 5.92 Å². The van der Waals surface area contributed by atoms with Gasteiger partial charge in [-0.2, -0.15) is 0 Å². The summed E-state index contributed by atoms with van der Waals surface area (Å²) in [6.45, 7) is 3.56. The zero-order valence-corrected chi connectivity index (χ0v) is 6.33. The zero-order chi connectivity index (χ0) is 6.97. The van der Waals surface area contributed by atoms with Gasteiger partial charge in [0.15, 0.2) is 0 Å². The Labute approximate surface area is 62.0 Å². The molecule has 2 aliphatic heterocycles. The van der Waals surface area contributed by atoms with E-state index in [1.807, 2.05) is 0 Å². The molecule has 0 aromatic heterocycles. The highest BCUT2D eigenvalue weighted by atomic mass is 15.2. The lowest BCUT2D eigenvalue weighted by Gasteiger charge is -2.21. The molecular weight excluding hydrogens is 122 g/mol. The van der Waals surface area contributed by atoms with Crippen molar-refractivity contribution in [3.05, 3.63) is 24.4 Å². The molecule has 2 aliphatic rings. The van der Waals surface area contributed by atoms with Gasteiger partial charge in [0.05, 0.1) is 0 Å². The Morgan fingerprint density at radius 3 is 3.10 bits per heavy atom. The van der Waals surface area contributed by atoms with Crippen molar-refractivity contribution < 1.29 is 0 Å². The number of fused-ring (bicyclic) bond motifs is 1. The van der Waals surface area contributed by atoms with Crippen LogP contribution in [0.3, 0.4) is 0 Å². The molecule has 0 amide bonds. The second kappa shape index (κ2) is 2.15. The van der Waals surface area contributed by atoms with Gasteiger partial charge in [-0.15, -0.1) is 0 Å². The van der Waals surface area contributed by atoms with E-state index in [4.69, 9.17) is 0 Å². The first-order chi connectivity index (χ1) is 4.86. The maximum Gasteiger partial charge on any atom is 0.0473 e. The quantitative estimate of drug-likeness (QED) is 0.489. The van der Waals surface area contributed by atoms with Crippen LogP contribution in [0.2, 0.25) is 0 Å². The third-order valence-electron chi connectivity index (χ3n) is 2.31. The molecule has 0 aliphatic carbocycles. The predicted octanol–water partition coefficient (Wildman–Crippen LogP) is 1.78.